The topological polar surface area (TPSA) is 72.9 Å². The van der Waals surface area contributed by atoms with Gasteiger partial charge in [0.2, 0.25) is 0 Å². The second-order valence-corrected chi connectivity index (χ2v) is 6.48. The van der Waals surface area contributed by atoms with E-state index in [4.69, 9.17) is 0 Å². The molecule has 6 nitrogen and oxygen atoms in total. The molecule has 2 N–H and O–H groups in total. The largest absolute Gasteiger partial charge is 0.481 e. The number of hydrogen-bond acceptors (Lipinski definition) is 3. The molecule has 21 heavy (non-hydrogen) atoms. The second-order valence-electron chi connectivity index (χ2n) is 6.48. The molecule has 120 valence electrons. The van der Waals surface area contributed by atoms with Gasteiger partial charge < -0.3 is 20.2 Å². The van der Waals surface area contributed by atoms with Crippen molar-refractivity contribution in [2.45, 2.75) is 38.6 Å². The molecule has 1 aliphatic heterocycles. The van der Waals surface area contributed by atoms with E-state index in [-0.39, 0.29) is 23.9 Å². The summed E-state index contributed by atoms with van der Waals surface area (Å²) in [6, 6.07) is 0.149. The van der Waals surface area contributed by atoms with E-state index in [9.17, 15) is 14.7 Å². The van der Waals surface area contributed by atoms with Crippen molar-refractivity contribution < 1.29 is 14.7 Å². The highest BCUT2D eigenvalue weighted by molar-refractivity contribution is 5.75. The number of piperazine rings is 1. The van der Waals surface area contributed by atoms with Crippen LogP contribution in [0.1, 0.15) is 32.6 Å². The summed E-state index contributed by atoms with van der Waals surface area (Å²) in [7, 11) is 2.06. The highest BCUT2D eigenvalue weighted by Crippen LogP contribution is 2.29. The lowest BCUT2D eigenvalue weighted by Crippen LogP contribution is -2.56. The van der Waals surface area contributed by atoms with Crippen molar-refractivity contribution in [1.82, 2.24) is 15.1 Å². The third-order valence-electron chi connectivity index (χ3n) is 4.83. The Morgan fingerprint density at radius 1 is 1.24 bits per heavy atom. The number of rotatable bonds is 3. The van der Waals surface area contributed by atoms with E-state index in [0.29, 0.717) is 6.54 Å². The average molecular weight is 297 g/mol. The molecular weight excluding hydrogens is 270 g/mol. The van der Waals surface area contributed by atoms with Crippen LogP contribution in [-0.4, -0.2) is 66.2 Å². The van der Waals surface area contributed by atoms with Crippen LogP contribution in [0.5, 0.6) is 0 Å². The van der Waals surface area contributed by atoms with E-state index >= 15 is 0 Å². The minimum Gasteiger partial charge on any atom is -0.481 e. The summed E-state index contributed by atoms with van der Waals surface area (Å²) in [5, 5.41) is 12.2. The van der Waals surface area contributed by atoms with Gasteiger partial charge >= 0.3 is 12.0 Å². The number of nitrogens with one attached hydrogen (secondary N) is 1. The maximum absolute atomic E-state index is 12.3. The Balaban J connectivity index is 1.84. The minimum absolute atomic E-state index is 0.0506. The molecule has 1 heterocycles. The molecule has 2 amide bonds. The van der Waals surface area contributed by atoms with Gasteiger partial charge in [0.1, 0.15) is 0 Å². The summed E-state index contributed by atoms with van der Waals surface area (Å²) in [4.78, 5) is 27.6. The van der Waals surface area contributed by atoms with E-state index in [1.54, 1.807) is 0 Å². The third kappa shape index (κ3) is 4.09. The first-order valence-corrected chi connectivity index (χ1v) is 7.95. The molecular formula is C15H27N3O3. The molecule has 0 aromatic carbocycles. The van der Waals surface area contributed by atoms with Crippen molar-refractivity contribution >= 4 is 12.0 Å². The molecule has 1 saturated carbocycles. The summed E-state index contributed by atoms with van der Waals surface area (Å²) in [5.74, 6) is -0.950. The summed E-state index contributed by atoms with van der Waals surface area (Å²) in [6.45, 7) is 5.04. The maximum Gasteiger partial charge on any atom is 0.317 e. The Hall–Kier alpha value is -1.30. The van der Waals surface area contributed by atoms with Gasteiger partial charge in [0.25, 0.3) is 0 Å². The van der Waals surface area contributed by atoms with Crippen LogP contribution in [0.25, 0.3) is 0 Å². The number of nitrogens with zero attached hydrogens (tertiary/aromatic N) is 2. The summed E-state index contributed by atoms with van der Waals surface area (Å²) < 4.78 is 0. The highest BCUT2D eigenvalue weighted by Gasteiger charge is 2.32. The van der Waals surface area contributed by atoms with Crippen LogP contribution in [-0.2, 0) is 4.79 Å². The van der Waals surface area contributed by atoms with Crippen LogP contribution in [0.4, 0.5) is 4.79 Å². The van der Waals surface area contributed by atoms with Gasteiger partial charge in [-0.05, 0) is 32.7 Å². The Morgan fingerprint density at radius 2 is 1.95 bits per heavy atom. The fraction of sp³-hybridized carbons (Fsp3) is 0.867. The first-order valence-electron chi connectivity index (χ1n) is 7.95. The highest BCUT2D eigenvalue weighted by atomic mass is 16.4. The van der Waals surface area contributed by atoms with Crippen LogP contribution >= 0.6 is 0 Å². The van der Waals surface area contributed by atoms with Gasteiger partial charge in [-0.3, -0.25) is 4.79 Å². The zero-order valence-corrected chi connectivity index (χ0v) is 13.0. The monoisotopic (exact) mass is 297 g/mol. The lowest BCUT2D eigenvalue weighted by Gasteiger charge is -2.38. The molecule has 6 heteroatoms. The molecule has 0 aromatic rings. The fourth-order valence-corrected chi connectivity index (χ4v) is 3.54. The van der Waals surface area contributed by atoms with E-state index in [1.165, 1.54) is 0 Å². The maximum atomic E-state index is 12.3. The Labute approximate surface area is 126 Å². The number of hydrogen-bond donors (Lipinski definition) is 2. The van der Waals surface area contributed by atoms with Crippen molar-refractivity contribution in [3.8, 4) is 0 Å². The van der Waals surface area contributed by atoms with Gasteiger partial charge in [0.15, 0.2) is 0 Å². The van der Waals surface area contributed by atoms with Gasteiger partial charge in [-0.1, -0.05) is 12.8 Å². The van der Waals surface area contributed by atoms with Crippen molar-refractivity contribution in [3.05, 3.63) is 0 Å². The number of aliphatic carboxylic acids is 1. The van der Waals surface area contributed by atoms with Crippen LogP contribution in [0.15, 0.2) is 0 Å². The van der Waals surface area contributed by atoms with Gasteiger partial charge in [0, 0.05) is 32.2 Å². The van der Waals surface area contributed by atoms with Crippen LogP contribution in [0.3, 0.4) is 0 Å². The molecule has 3 unspecified atom stereocenters. The molecule has 0 bridgehead atoms. The summed E-state index contributed by atoms with van der Waals surface area (Å²) in [6.07, 6.45) is 3.68. The van der Waals surface area contributed by atoms with E-state index in [2.05, 4.69) is 24.2 Å². The second kappa shape index (κ2) is 7.11. The Morgan fingerprint density at radius 3 is 2.62 bits per heavy atom. The zero-order valence-electron chi connectivity index (χ0n) is 13.0. The van der Waals surface area contributed by atoms with Gasteiger partial charge in [0.05, 0.1) is 5.92 Å². The molecule has 0 aromatic heterocycles. The number of carbonyl (C=O) groups excluding carboxylic acids is 1. The van der Waals surface area contributed by atoms with Crippen molar-refractivity contribution in [3.63, 3.8) is 0 Å². The number of carboxylic acid groups (broad SMARTS) is 1. The van der Waals surface area contributed by atoms with Gasteiger partial charge in [-0.15, -0.1) is 0 Å². The predicted octanol–water partition coefficient (Wildman–Crippen LogP) is 1.22. The number of amides is 2. The molecule has 2 rings (SSSR count). The van der Waals surface area contributed by atoms with Gasteiger partial charge in [-0.2, -0.15) is 0 Å². The molecule has 0 spiro atoms. The van der Waals surface area contributed by atoms with Crippen molar-refractivity contribution in [2.24, 2.45) is 11.8 Å². The van der Waals surface area contributed by atoms with Crippen LogP contribution in [0, 0.1) is 11.8 Å². The minimum atomic E-state index is -0.720. The van der Waals surface area contributed by atoms with Crippen LogP contribution in [0.2, 0.25) is 0 Å². The fourth-order valence-electron chi connectivity index (χ4n) is 3.54. The lowest BCUT2D eigenvalue weighted by molar-refractivity contribution is -0.144. The average Bonchev–Trinajstić information content (AvgIpc) is 2.45. The zero-order chi connectivity index (χ0) is 15.4. The Bertz CT molecular complexity index is 388. The normalized spacial score (nSPS) is 31.0. The molecule has 3 atom stereocenters. The number of carboxylic acids is 1. The number of carbonyl (C=O) groups is 2. The lowest BCUT2D eigenvalue weighted by atomic mass is 9.79. The standard InChI is InChI=1S/C15H27N3O3/c1-11-10-17(2)7-8-18(11)15(21)16-9-12-5-3-4-6-13(12)14(19)20/h11-13H,3-10H2,1-2H3,(H,16,21)(H,19,20). The molecule has 2 aliphatic rings. The van der Waals surface area contributed by atoms with Gasteiger partial charge in [-0.25, -0.2) is 4.79 Å². The number of likely N-dealkylation sites (N-methyl/N-ethyl adjacent to an activating group) is 1. The van der Waals surface area contributed by atoms with E-state index in [0.717, 1.165) is 45.3 Å². The van der Waals surface area contributed by atoms with Crippen molar-refractivity contribution in [2.75, 3.05) is 33.2 Å². The molecule has 0 radical (unpaired) electrons. The summed E-state index contributed by atoms with van der Waals surface area (Å²) in [5.41, 5.74) is 0. The molecule has 1 saturated heterocycles. The van der Waals surface area contributed by atoms with Crippen LogP contribution < -0.4 is 5.32 Å². The van der Waals surface area contributed by atoms with E-state index < -0.39 is 5.97 Å². The van der Waals surface area contributed by atoms with Crippen molar-refractivity contribution in [1.29, 1.82) is 0 Å². The molecule has 2 fully saturated rings. The first kappa shape index (κ1) is 16.1. The quantitative estimate of drug-likeness (QED) is 0.821. The predicted molar refractivity (Wildman–Crippen MR) is 80.1 cm³/mol. The molecule has 1 aliphatic carbocycles. The Kier molecular flexibility index (Phi) is 5.45. The smallest absolute Gasteiger partial charge is 0.317 e. The summed E-state index contributed by atoms with van der Waals surface area (Å²) >= 11 is 0. The SMILES string of the molecule is CC1CN(C)CCN1C(=O)NCC1CCCCC1C(=O)O. The first-order chi connectivity index (χ1) is 9.99. The van der Waals surface area contributed by atoms with E-state index in [1.807, 2.05) is 4.90 Å². The third-order valence-corrected chi connectivity index (χ3v) is 4.83. The number of urea groups is 1.